The largest absolute Gasteiger partial charge is 0.372 e. The van der Waals surface area contributed by atoms with Crippen LogP contribution in [0.2, 0.25) is 0 Å². The molecule has 14 heavy (non-hydrogen) atoms. The predicted molar refractivity (Wildman–Crippen MR) is 58.6 cm³/mol. The van der Waals surface area contributed by atoms with E-state index in [1.54, 1.807) is 6.07 Å². The maximum absolute atomic E-state index is 12.8. The van der Waals surface area contributed by atoms with Gasteiger partial charge in [0, 0.05) is 4.47 Å². The second-order valence-electron chi connectivity index (χ2n) is 3.19. The Bertz CT molecular complexity index is 336. The van der Waals surface area contributed by atoms with Crippen molar-refractivity contribution in [1.82, 2.24) is 0 Å². The normalized spacial score (nSPS) is 10.2. The minimum Gasteiger partial charge on any atom is -0.372 e. The number of benzene rings is 1. The van der Waals surface area contributed by atoms with Crippen molar-refractivity contribution in [1.29, 1.82) is 0 Å². The van der Waals surface area contributed by atoms with Gasteiger partial charge in [0.05, 0.1) is 13.2 Å². The number of rotatable bonds is 4. The standard InChI is InChI=1S/C11H12BrFO/c1-8(2)6-14-7-9-5-10(13)3-4-11(9)12/h3-5H,1,6-7H2,2H3. The van der Waals surface area contributed by atoms with E-state index in [2.05, 4.69) is 22.5 Å². The predicted octanol–water partition coefficient (Wildman–Crippen LogP) is 3.68. The number of ether oxygens (including phenoxy) is 1. The van der Waals surface area contributed by atoms with Crippen LogP contribution in [0.1, 0.15) is 12.5 Å². The fourth-order valence-corrected chi connectivity index (χ4v) is 1.35. The van der Waals surface area contributed by atoms with E-state index in [4.69, 9.17) is 4.74 Å². The van der Waals surface area contributed by atoms with E-state index in [1.807, 2.05) is 6.92 Å². The van der Waals surface area contributed by atoms with Crippen molar-refractivity contribution < 1.29 is 9.13 Å². The Morgan fingerprint density at radius 3 is 2.93 bits per heavy atom. The first kappa shape index (κ1) is 11.4. The molecule has 0 spiro atoms. The maximum Gasteiger partial charge on any atom is 0.123 e. The van der Waals surface area contributed by atoms with Gasteiger partial charge in [-0.3, -0.25) is 0 Å². The number of hydrogen-bond acceptors (Lipinski definition) is 1. The first-order chi connectivity index (χ1) is 6.59. The summed E-state index contributed by atoms with van der Waals surface area (Å²) >= 11 is 3.33. The first-order valence-electron chi connectivity index (χ1n) is 4.25. The highest BCUT2D eigenvalue weighted by Gasteiger charge is 2.01. The molecule has 76 valence electrons. The first-order valence-corrected chi connectivity index (χ1v) is 5.05. The van der Waals surface area contributed by atoms with E-state index in [1.165, 1.54) is 12.1 Å². The minimum atomic E-state index is -0.248. The van der Waals surface area contributed by atoms with E-state index < -0.39 is 0 Å². The van der Waals surface area contributed by atoms with Gasteiger partial charge < -0.3 is 4.74 Å². The van der Waals surface area contributed by atoms with Gasteiger partial charge in [-0.05, 0) is 30.7 Å². The van der Waals surface area contributed by atoms with Gasteiger partial charge in [0.15, 0.2) is 0 Å². The van der Waals surface area contributed by atoms with Crippen LogP contribution in [-0.2, 0) is 11.3 Å². The lowest BCUT2D eigenvalue weighted by Gasteiger charge is -2.06. The molecule has 3 heteroatoms. The molecule has 0 atom stereocenters. The Balaban J connectivity index is 2.57. The topological polar surface area (TPSA) is 9.23 Å². The van der Waals surface area contributed by atoms with Crippen LogP contribution in [0.25, 0.3) is 0 Å². The van der Waals surface area contributed by atoms with Crippen LogP contribution in [0.15, 0.2) is 34.8 Å². The van der Waals surface area contributed by atoms with Gasteiger partial charge in [0.1, 0.15) is 5.82 Å². The van der Waals surface area contributed by atoms with E-state index >= 15 is 0 Å². The Morgan fingerprint density at radius 1 is 1.57 bits per heavy atom. The van der Waals surface area contributed by atoms with Crippen LogP contribution in [0.3, 0.4) is 0 Å². The lowest BCUT2D eigenvalue weighted by Crippen LogP contribution is -1.97. The second-order valence-corrected chi connectivity index (χ2v) is 4.04. The van der Waals surface area contributed by atoms with Gasteiger partial charge in [0.2, 0.25) is 0 Å². The molecule has 1 aromatic rings. The van der Waals surface area contributed by atoms with E-state index in [0.29, 0.717) is 13.2 Å². The highest BCUT2D eigenvalue weighted by atomic mass is 79.9. The molecule has 1 aromatic carbocycles. The molecule has 0 fully saturated rings. The van der Waals surface area contributed by atoms with Gasteiger partial charge in [-0.2, -0.15) is 0 Å². The van der Waals surface area contributed by atoms with Crippen LogP contribution < -0.4 is 0 Å². The van der Waals surface area contributed by atoms with Gasteiger partial charge >= 0.3 is 0 Å². The van der Waals surface area contributed by atoms with Crippen molar-refractivity contribution in [3.05, 3.63) is 46.2 Å². The highest BCUT2D eigenvalue weighted by molar-refractivity contribution is 9.10. The molecule has 0 saturated carbocycles. The Kier molecular flexibility index (Phi) is 4.29. The van der Waals surface area contributed by atoms with Gasteiger partial charge in [-0.1, -0.05) is 28.1 Å². The SMILES string of the molecule is C=C(C)COCc1cc(F)ccc1Br. The van der Waals surface area contributed by atoms with E-state index in [0.717, 1.165) is 15.6 Å². The zero-order valence-corrected chi connectivity index (χ0v) is 9.60. The Hall–Kier alpha value is -0.670. The summed E-state index contributed by atoms with van der Waals surface area (Å²) in [5.74, 6) is -0.248. The molecule has 0 radical (unpaired) electrons. The molecule has 0 saturated heterocycles. The molecule has 0 N–H and O–H groups in total. The molecule has 0 unspecified atom stereocenters. The Morgan fingerprint density at radius 2 is 2.29 bits per heavy atom. The Labute approximate surface area is 91.7 Å². The van der Waals surface area contributed by atoms with Crippen molar-refractivity contribution >= 4 is 15.9 Å². The van der Waals surface area contributed by atoms with Crippen LogP contribution in [-0.4, -0.2) is 6.61 Å². The molecule has 0 aliphatic carbocycles. The average molecular weight is 259 g/mol. The zero-order chi connectivity index (χ0) is 10.6. The highest BCUT2D eigenvalue weighted by Crippen LogP contribution is 2.18. The summed E-state index contributed by atoms with van der Waals surface area (Å²) in [6, 6.07) is 4.55. The second kappa shape index (κ2) is 5.27. The van der Waals surface area contributed by atoms with Crippen molar-refractivity contribution in [3.8, 4) is 0 Å². The molecule has 1 rings (SSSR count). The summed E-state index contributed by atoms with van der Waals surface area (Å²) in [5, 5.41) is 0. The molecular formula is C11H12BrFO. The molecule has 0 heterocycles. The summed E-state index contributed by atoms with van der Waals surface area (Å²) in [6.45, 7) is 6.50. The van der Waals surface area contributed by atoms with Crippen molar-refractivity contribution in [2.75, 3.05) is 6.61 Å². The summed E-state index contributed by atoms with van der Waals surface area (Å²) in [6.07, 6.45) is 0. The molecule has 0 amide bonds. The summed E-state index contributed by atoms with van der Waals surface area (Å²) in [7, 11) is 0. The summed E-state index contributed by atoms with van der Waals surface area (Å²) in [4.78, 5) is 0. The van der Waals surface area contributed by atoms with Crippen molar-refractivity contribution in [2.24, 2.45) is 0 Å². The maximum atomic E-state index is 12.8. The fourth-order valence-electron chi connectivity index (χ4n) is 0.989. The number of hydrogen-bond donors (Lipinski definition) is 0. The van der Waals surface area contributed by atoms with Crippen LogP contribution in [0.4, 0.5) is 4.39 Å². The molecular weight excluding hydrogens is 247 g/mol. The smallest absolute Gasteiger partial charge is 0.123 e. The molecule has 1 nitrogen and oxygen atoms in total. The number of halogens is 2. The van der Waals surface area contributed by atoms with E-state index in [9.17, 15) is 4.39 Å². The lowest BCUT2D eigenvalue weighted by atomic mass is 10.2. The van der Waals surface area contributed by atoms with Crippen LogP contribution in [0.5, 0.6) is 0 Å². The quantitative estimate of drug-likeness (QED) is 0.749. The molecule has 0 aliphatic rings. The van der Waals surface area contributed by atoms with Crippen molar-refractivity contribution in [3.63, 3.8) is 0 Å². The van der Waals surface area contributed by atoms with Gasteiger partial charge in [-0.25, -0.2) is 4.39 Å². The van der Waals surface area contributed by atoms with Crippen LogP contribution >= 0.6 is 15.9 Å². The van der Waals surface area contributed by atoms with Crippen molar-refractivity contribution in [2.45, 2.75) is 13.5 Å². The third-order valence-electron chi connectivity index (χ3n) is 1.61. The zero-order valence-electron chi connectivity index (χ0n) is 8.02. The minimum absolute atomic E-state index is 0.248. The summed E-state index contributed by atoms with van der Waals surface area (Å²) in [5.41, 5.74) is 1.77. The van der Waals surface area contributed by atoms with Gasteiger partial charge in [0.25, 0.3) is 0 Å². The lowest BCUT2D eigenvalue weighted by molar-refractivity contribution is 0.142. The van der Waals surface area contributed by atoms with Gasteiger partial charge in [-0.15, -0.1) is 0 Å². The van der Waals surface area contributed by atoms with E-state index in [-0.39, 0.29) is 5.82 Å². The fraction of sp³-hybridized carbons (Fsp3) is 0.273. The molecule has 0 bridgehead atoms. The third-order valence-corrected chi connectivity index (χ3v) is 2.39. The third kappa shape index (κ3) is 3.60. The summed E-state index contributed by atoms with van der Waals surface area (Å²) < 4.78 is 19.0. The monoisotopic (exact) mass is 258 g/mol. The molecule has 0 aromatic heterocycles. The molecule has 0 aliphatic heterocycles. The van der Waals surface area contributed by atoms with Crippen LogP contribution in [0, 0.1) is 5.82 Å². The average Bonchev–Trinajstić information content (AvgIpc) is 2.10.